The van der Waals surface area contributed by atoms with Crippen molar-refractivity contribution in [3.63, 3.8) is 0 Å². The molecule has 1 amide bonds. The number of aliphatic carboxylic acids is 1. The first-order valence-corrected chi connectivity index (χ1v) is 8.45. The Hall–Kier alpha value is -2.41. The van der Waals surface area contributed by atoms with Crippen LogP contribution in [-0.2, 0) is 17.8 Å². The Morgan fingerprint density at radius 2 is 2.00 bits per heavy atom. The number of aromatic nitrogens is 1. The summed E-state index contributed by atoms with van der Waals surface area (Å²) >= 11 is 1.44. The first kappa shape index (κ1) is 17.9. The first-order chi connectivity index (χ1) is 11.5. The molecule has 1 N–H and O–H groups in total. The average molecular weight is 348 g/mol. The Morgan fingerprint density at radius 3 is 2.62 bits per heavy atom. The van der Waals surface area contributed by atoms with Gasteiger partial charge in [0.25, 0.3) is 5.91 Å². The molecule has 0 saturated heterocycles. The second-order valence-corrected chi connectivity index (χ2v) is 6.47. The third kappa shape index (κ3) is 5.06. The van der Waals surface area contributed by atoms with Crippen molar-refractivity contribution < 1.29 is 19.4 Å². The van der Waals surface area contributed by atoms with E-state index < -0.39 is 5.97 Å². The van der Waals surface area contributed by atoms with Gasteiger partial charge < -0.3 is 14.7 Å². The van der Waals surface area contributed by atoms with Crippen LogP contribution in [0, 0.1) is 0 Å². The molecule has 1 heterocycles. The second-order valence-electron chi connectivity index (χ2n) is 5.36. The topological polar surface area (TPSA) is 79.7 Å². The third-order valence-corrected chi connectivity index (χ3v) is 4.33. The summed E-state index contributed by atoms with van der Waals surface area (Å²) in [5.41, 5.74) is 0.937. The van der Waals surface area contributed by atoms with E-state index in [1.54, 1.807) is 30.3 Å². The number of carbonyl (C=O) groups excluding carboxylic acids is 1. The summed E-state index contributed by atoms with van der Waals surface area (Å²) in [6.07, 6.45) is 3.53. The molecular formula is C17H20N2O4S. The number of benzene rings is 1. The molecule has 2 aromatic rings. The van der Waals surface area contributed by atoms with Crippen LogP contribution >= 0.6 is 11.3 Å². The molecule has 1 aromatic heterocycles. The Kier molecular flexibility index (Phi) is 6.31. The molecule has 0 radical (unpaired) electrons. The fourth-order valence-corrected chi connectivity index (χ4v) is 3.12. The quantitative estimate of drug-likeness (QED) is 0.793. The lowest BCUT2D eigenvalue weighted by Crippen LogP contribution is -2.25. The molecule has 128 valence electrons. The largest absolute Gasteiger partial charge is 0.482 e. The lowest BCUT2D eigenvalue weighted by atomic mass is 10.2. The van der Waals surface area contributed by atoms with E-state index in [1.807, 2.05) is 12.1 Å². The van der Waals surface area contributed by atoms with Gasteiger partial charge in [0.2, 0.25) is 0 Å². The van der Waals surface area contributed by atoms with Crippen LogP contribution in [0.3, 0.4) is 0 Å². The molecule has 0 bridgehead atoms. The lowest BCUT2D eigenvalue weighted by molar-refractivity contribution is -0.139. The molecule has 0 saturated carbocycles. The van der Waals surface area contributed by atoms with E-state index in [0.717, 1.165) is 23.4 Å². The van der Waals surface area contributed by atoms with Crippen molar-refractivity contribution in [2.75, 3.05) is 13.7 Å². The fraction of sp³-hybridized carbons (Fsp3) is 0.353. The van der Waals surface area contributed by atoms with Gasteiger partial charge in [0, 0.05) is 13.6 Å². The normalized spacial score (nSPS) is 10.4. The monoisotopic (exact) mass is 348 g/mol. The van der Waals surface area contributed by atoms with Crippen LogP contribution in [0.5, 0.6) is 5.75 Å². The van der Waals surface area contributed by atoms with Crippen LogP contribution in [0.4, 0.5) is 0 Å². The molecule has 1 aromatic carbocycles. The van der Waals surface area contributed by atoms with Crippen molar-refractivity contribution in [2.24, 2.45) is 0 Å². The number of hydrogen-bond acceptors (Lipinski definition) is 5. The number of nitrogens with zero attached hydrogens (tertiary/aromatic N) is 2. The van der Waals surface area contributed by atoms with E-state index >= 15 is 0 Å². The number of amides is 1. The number of carboxylic acids is 1. The van der Waals surface area contributed by atoms with E-state index in [4.69, 9.17) is 9.84 Å². The number of carboxylic acid groups (broad SMARTS) is 1. The van der Waals surface area contributed by atoms with Crippen molar-refractivity contribution in [3.05, 3.63) is 45.9 Å². The molecule has 24 heavy (non-hydrogen) atoms. The van der Waals surface area contributed by atoms with Crippen molar-refractivity contribution in [2.45, 2.75) is 26.3 Å². The zero-order valence-electron chi connectivity index (χ0n) is 13.7. The number of carbonyl (C=O) groups is 2. The fourth-order valence-electron chi connectivity index (χ4n) is 2.11. The summed E-state index contributed by atoms with van der Waals surface area (Å²) in [6.45, 7) is 2.17. The van der Waals surface area contributed by atoms with E-state index in [9.17, 15) is 9.59 Å². The lowest BCUT2D eigenvalue weighted by Gasteiger charge is -2.16. The minimum atomic E-state index is -1.02. The standard InChI is InChI=1S/C17H20N2O4S/c1-3-4-15-18-9-14(24-15)17(22)19(2)10-12-5-7-13(8-6-12)23-11-16(20)21/h5-9H,3-4,10-11H2,1-2H3,(H,20,21). The maximum Gasteiger partial charge on any atom is 0.341 e. The Morgan fingerprint density at radius 1 is 1.29 bits per heavy atom. The van der Waals surface area contributed by atoms with Crippen molar-refractivity contribution >= 4 is 23.2 Å². The van der Waals surface area contributed by atoms with E-state index in [1.165, 1.54) is 11.3 Å². The molecule has 0 unspecified atom stereocenters. The van der Waals surface area contributed by atoms with Crippen LogP contribution in [0.25, 0.3) is 0 Å². The van der Waals surface area contributed by atoms with Crippen LogP contribution in [0.15, 0.2) is 30.5 Å². The summed E-state index contributed by atoms with van der Waals surface area (Å²) < 4.78 is 5.08. The number of hydrogen-bond donors (Lipinski definition) is 1. The van der Waals surface area contributed by atoms with E-state index in [2.05, 4.69) is 11.9 Å². The number of rotatable bonds is 8. The number of thiazole rings is 1. The summed E-state index contributed by atoms with van der Waals surface area (Å²) in [7, 11) is 1.75. The van der Waals surface area contributed by atoms with Crippen LogP contribution in [0.1, 0.15) is 33.6 Å². The zero-order valence-corrected chi connectivity index (χ0v) is 14.5. The van der Waals surface area contributed by atoms with Gasteiger partial charge in [-0.2, -0.15) is 0 Å². The van der Waals surface area contributed by atoms with Crippen molar-refractivity contribution in [1.82, 2.24) is 9.88 Å². The maximum absolute atomic E-state index is 12.4. The van der Waals surface area contributed by atoms with Gasteiger partial charge in [-0.15, -0.1) is 11.3 Å². The predicted octanol–water partition coefficient (Wildman–Crippen LogP) is 2.83. The minimum Gasteiger partial charge on any atom is -0.482 e. The summed E-state index contributed by atoms with van der Waals surface area (Å²) in [4.78, 5) is 29.4. The molecule has 0 fully saturated rings. The Bertz CT molecular complexity index is 697. The highest BCUT2D eigenvalue weighted by Gasteiger charge is 2.15. The third-order valence-electron chi connectivity index (χ3n) is 3.28. The molecule has 0 atom stereocenters. The summed E-state index contributed by atoms with van der Waals surface area (Å²) in [5, 5.41) is 9.56. The maximum atomic E-state index is 12.4. The Labute approximate surface area is 144 Å². The van der Waals surface area contributed by atoms with E-state index in [-0.39, 0.29) is 12.5 Å². The van der Waals surface area contributed by atoms with Gasteiger partial charge in [0.15, 0.2) is 6.61 Å². The van der Waals surface area contributed by atoms with Gasteiger partial charge in [-0.05, 0) is 30.5 Å². The molecular weight excluding hydrogens is 328 g/mol. The van der Waals surface area contributed by atoms with Gasteiger partial charge in [0.1, 0.15) is 10.6 Å². The predicted molar refractivity (Wildman–Crippen MR) is 91.5 cm³/mol. The van der Waals surface area contributed by atoms with Crippen LogP contribution in [0.2, 0.25) is 0 Å². The van der Waals surface area contributed by atoms with Crippen molar-refractivity contribution in [3.8, 4) is 5.75 Å². The molecule has 2 rings (SSSR count). The smallest absolute Gasteiger partial charge is 0.341 e. The summed E-state index contributed by atoms with van der Waals surface area (Å²) in [6, 6.07) is 7.03. The highest BCUT2D eigenvalue weighted by molar-refractivity contribution is 7.13. The zero-order chi connectivity index (χ0) is 17.5. The molecule has 6 nitrogen and oxygen atoms in total. The minimum absolute atomic E-state index is 0.0546. The van der Waals surface area contributed by atoms with E-state index in [0.29, 0.717) is 17.2 Å². The van der Waals surface area contributed by atoms with Gasteiger partial charge in [-0.1, -0.05) is 19.1 Å². The number of aryl methyl sites for hydroxylation is 1. The second kappa shape index (κ2) is 8.44. The molecule has 0 aliphatic rings. The van der Waals surface area contributed by atoms with Crippen LogP contribution in [-0.4, -0.2) is 40.5 Å². The van der Waals surface area contributed by atoms with Gasteiger partial charge in [0.05, 0.1) is 11.2 Å². The van der Waals surface area contributed by atoms with Gasteiger partial charge in [-0.3, -0.25) is 4.79 Å². The summed E-state index contributed by atoms with van der Waals surface area (Å²) in [5.74, 6) is -0.584. The number of ether oxygens (including phenoxy) is 1. The SMILES string of the molecule is CCCc1ncc(C(=O)N(C)Cc2ccc(OCC(=O)O)cc2)s1. The van der Waals surface area contributed by atoms with Crippen molar-refractivity contribution in [1.29, 1.82) is 0 Å². The first-order valence-electron chi connectivity index (χ1n) is 7.63. The highest BCUT2D eigenvalue weighted by Crippen LogP contribution is 2.18. The molecule has 0 aliphatic carbocycles. The molecule has 0 aliphatic heterocycles. The highest BCUT2D eigenvalue weighted by atomic mass is 32.1. The average Bonchev–Trinajstić information content (AvgIpc) is 3.02. The Balaban J connectivity index is 1.94. The molecule has 0 spiro atoms. The van der Waals surface area contributed by atoms with Gasteiger partial charge >= 0.3 is 5.97 Å². The van der Waals surface area contributed by atoms with Crippen LogP contribution < -0.4 is 4.74 Å². The van der Waals surface area contributed by atoms with Gasteiger partial charge in [-0.25, -0.2) is 9.78 Å². The molecule has 7 heteroatoms.